The standard InChI is InChI=1S/C16H29NO/c1-12(16-7-4-10-18-16)17-15-9-8-13-5-2-3-6-14(13)11-15/h12-17H,2-11H2,1H3. The maximum atomic E-state index is 5.80. The second-order valence-corrected chi connectivity index (χ2v) is 6.82. The van der Waals surface area contributed by atoms with E-state index in [-0.39, 0.29) is 0 Å². The van der Waals surface area contributed by atoms with Gasteiger partial charge in [0, 0.05) is 18.7 Å². The molecule has 0 amide bonds. The Hall–Kier alpha value is -0.0800. The smallest absolute Gasteiger partial charge is 0.0726 e. The summed E-state index contributed by atoms with van der Waals surface area (Å²) >= 11 is 0. The highest BCUT2D eigenvalue weighted by Gasteiger charge is 2.33. The fourth-order valence-corrected chi connectivity index (χ4v) is 4.50. The van der Waals surface area contributed by atoms with Crippen LogP contribution >= 0.6 is 0 Å². The zero-order valence-electron chi connectivity index (χ0n) is 11.9. The summed E-state index contributed by atoms with van der Waals surface area (Å²) in [6, 6.07) is 1.32. The molecule has 2 nitrogen and oxygen atoms in total. The third-order valence-corrected chi connectivity index (χ3v) is 5.56. The van der Waals surface area contributed by atoms with Crippen LogP contribution in [0.3, 0.4) is 0 Å². The van der Waals surface area contributed by atoms with Crippen LogP contribution in [0.25, 0.3) is 0 Å². The molecular formula is C16H29NO. The summed E-state index contributed by atoms with van der Waals surface area (Å²) in [5.74, 6) is 2.09. The lowest BCUT2D eigenvalue weighted by Gasteiger charge is -2.41. The topological polar surface area (TPSA) is 21.3 Å². The Bertz CT molecular complexity index is 262. The van der Waals surface area contributed by atoms with Crippen molar-refractivity contribution in [2.75, 3.05) is 6.61 Å². The molecule has 2 saturated carbocycles. The van der Waals surface area contributed by atoms with Crippen molar-refractivity contribution < 1.29 is 4.74 Å². The van der Waals surface area contributed by atoms with Crippen molar-refractivity contribution in [1.29, 1.82) is 0 Å². The third-order valence-electron chi connectivity index (χ3n) is 5.56. The van der Waals surface area contributed by atoms with Gasteiger partial charge in [-0.15, -0.1) is 0 Å². The minimum atomic E-state index is 0.481. The van der Waals surface area contributed by atoms with Gasteiger partial charge in [0.1, 0.15) is 0 Å². The summed E-state index contributed by atoms with van der Waals surface area (Å²) in [4.78, 5) is 0. The molecule has 18 heavy (non-hydrogen) atoms. The quantitative estimate of drug-likeness (QED) is 0.829. The van der Waals surface area contributed by atoms with Crippen molar-refractivity contribution in [2.45, 2.75) is 82.9 Å². The van der Waals surface area contributed by atoms with E-state index in [4.69, 9.17) is 4.74 Å². The van der Waals surface area contributed by atoms with Gasteiger partial charge in [-0.2, -0.15) is 0 Å². The predicted octanol–water partition coefficient (Wildman–Crippen LogP) is 3.50. The van der Waals surface area contributed by atoms with E-state index in [0.717, 1.165) is 24.5 Å². The predicted molar refractivity (Wildman–Crippen MR) is 74.7 cm³/mol. The Morgan fingerprint density at radius 1 is 0.944 bits per heavy atom. The van der Waals surface area contributed by atoms with Gasteiger partial charge in [0.15, 0.2) is 0 Å². The molecule has 0 aromatic carbocycles. The van der Waals surface area contributed by atoms with E-state index in [1.54, 1.807) is 0 Å². The second-order valence-electron chi connectivity index (χ2n) is 6.82. The van der Waals surface area contributed by atoms with Crippen LogP contribution in [0.5, 0.6) is 0 Å². The largest absolute Gasteiger partial charge is 0.377 e. The van der Waals surface area contributed by atoms with Crippen LogP contribution in [0.2, 0.25) is 0 Å². The first-order chi connectivity index (χ1) is 8.83. The Morgan fingerprint density at radius 2 is 1.78 bits per heavy atom. The Labute approximate surface area is 112 Å². The summed E-state index contributed by atoms with van der Waals surface area (Å²) in [7, 11) is 0. The van der Waals surface area contributed by atoms with Crippen molar-refractivity contribution >= 4 is 0 Å². The van der Waals surface area contributed by atoms with E-state index < -0.39 is 0 Å². The average Bonchev–Trinajstić information content (AvgIpc) is 2.92. The number of fused-ring (bicyclic) bond motifs is 1. The van der Waals surface area contributed by atoms with Crippen LogP contribution < -0.4 is 5.32 Å². The monoisotopic (exact) mass is 251 g/mol. The van der Waals surface area contributed by atoms with E-state index in [2.05, 4.69) is 12.2 Å². The van der Waals surface area contributed by atoms with Gasteiger partial charge in [-0.3, -0.25) is 0 Å². The van der Waals surface area contributed by atoms with Crippen LogP contribution in [0.4, 0.5) is 0 Å². The van der Waals surface area contributed by atoms with Crippen LogP contribution in [-0.4, -0.2) is 24.8 Å². The van der Waals surface area contributed by atoms with E-state index in [1.165, 1.54) is 57.8 Å². The summed E-state index contributed by atoms with van der Waals surface area (Å²) in [6.07, 6.45) is 13.3. The molecule has 1 heterocycles. The van der Waals surface area contributed by atoms with Gasteiger partial charge < -0.3 is 10.1 Å². The van der Waals surface area contributed by atoms with E-state index in [1.807, 2.05) is 0 Å². The van der Waals surface area contributed by atoms with Crippen LogP contribution in [0.1, 0.15) is 64.7 Å². The molecule has 2 heteroatoms. The van der Waals surface area contributed by atoms with E-state index in [0.29, 0.717) is 12.1 Å². The van der Waals surface area contributed by atoms with Crippen LogP contribution in [-0.2, 0) is 4.74 Å². The van der Waals surface area contributed by atoms with Gasteiger partial charge in [-0.25, -0.2) is 0 Å². The summed E-state index contributed by atoms with van der Waals surface area (Å²) < 4.78 is 5.80. The zero-order valence-corrected chi connectivity index (χ0v) is 11.9. The van der Waals surface area contributed by atoms with Gasteiger partial charge in [-0.05, 0) is 50.9 Å². The molecule has 2 aliphatic carbocycles. The normalized spacial score (nSPS) is 42.5. The lowest BCUT2D eigenvalue weighted by atomic mass is 9.69. The van der Waals surface area contributed by atoms with Gasteiger partial charge in [0.05, 0.1) is 6.10 Å². The zero-order chi connectivity index (χ0) is 12.4. The minimum Gasteiger partial charge on any atom is -0.377 e. The number of hydrogen-bond acceptors (Lipinski definition) is 2. The summed E-state index contributed by atoms with van der Waals surface area (Å²) in [6.45, 7) is 3.30. The van der Waals surface area contributed by atoms with Crippen molar-refractivity contribution in [1.82, 2.24) is 5.32 Å². The molecule has 3 aliphatic rings. The minimum absolute atomic E-state index is 0.481. The fraction of sp³-hybridized carbons (Fsp3) is 1.00. The molecule has 3 fully saturated rings. The Kier molecular flexibility index (Phi) is 4.25. The SMILES string of the molecule is CC(NC1CCC2CCCCC2C1)C1CCCO1. The molecule has 0 spiro atoms. The fourth-order valence-electron chi connectivity index (χ4n) is 4.50. The Morgan fingerprint density at radius 3 is 2.56 bits per heavy atom. The highest BCUT2D eigenvalue weighted by atomic mass is 16.5. The molecule has 5 atom stereocenters. The van der Waals surface area contributed by atoms with Gasteiger partial charge in [0.25, 0.3) is 0 Å². The molecule has 1 aliphatic heterocycles. The first-order valence-corrected chi connectivity index (χ1v) is 8.20. The van der Waals surface area contributed by atoms with Crippen LogP contribution in [0, 0.1) is 11.8 Å². The van der Waals surface area contributed by atoms with Crippen molar-refractivity contribution in [3.63, 3.8) is 0 Å². The van der Waals surface area contributed by atoms with Gasteiger partial charge >= 0.3 is 0 Å². The molecule has 1 saturated heterocycles. The molecule has 0 aromatic heterocycles. The Balaban J connectivity index is 1.48. The van der Waals surface area contributed by atoms with Crippen molar-refractivity contribution in [3.8, 4) is 0 Å². The molecule has 3 rings (SSSR count). The molecule has 5 unspecified atom stereocenters. The number of hydrogen-bond donors (Lipinski definition) is 1. The maximum Gasteiger partial charge on any atom is 0.0726 e. The van der Waals surface area contributed by atoms with E-state index >= 15 is 0 Å². The van der Waals surface area contributed by atoms with E-state index in [9.17, 15) is 0 Å². The second kappa shape index (κ2) is 5.92. The van der Waals surface area contributed by atoms with Gasteiger partial charge in [-0.1, -0.05) is 25.7 Å². The lowest BCUT2D eigenvalue weighted by Crippen LogP contribution is -2.46. The summed E-state index contributed by atoms with van der Waals surface area (Å²) in [5.41, 5.74) is 0. The van der Waals surface area contributed by atoms with Crippen LogP contribution in [0.15, 0.2) is 0 Å². The number of nitrogens with one attached hydrogen (secondary N) is 1. The number of rotatable bonds is 3. The lowest BCUT2D eigenvalue weighted by molar-refractivity contribution is 0.0687. The molecule has 104 valence electrons. The highest BCUT2D eigenvalue weighted by molar-refractivity contribution is 4.88. The first kappa shape index (κ1) is 12.9. The highest BCUT2D eigenvalue weighted by Crippen LogP contribution is 2.40. The van der Waals surface area contributed by atoms with Crippen molar-refractivity contribution in [3.05, 3.63) is 0 Å². The molecule has 0 bridgehead atoms. The number of ether oxygens (including phenoxy) is 1. The van der Waals surface area contributed by atoms with Crippen molar-refractivity contribution in [2.24, 2.45) is 11.8 Å². The summed E-state index contributed by atoms with van der Waals surface area (Å²) in [5, 5.41) is 3.87. The third kappa shape index (κ3) is 2.91. The maximum absolute atomic E-state index is 5.80. The molecular weight excluding hydrogens is 222 g/mol. The first-order valence-electron chi connectivity index (χ1n) is 8.20. The molecule has 0 aromatic rings. The molecule has 1 N–H and O–H groups in total. The van der Waals surface area contributed by atoms with Gasteiger partial charge in [0.2, 0.25) is 0 Å². The average molecular weight is 251 g/mol. The molecule has 0 radical (unpaired) electrons.